The van der Waals surface area contributed by atoms with Crippen molar-refractivity contribution in [3.8, 4) is 11.4 Å². The molecule has 0 unspecified atom stereocenters. The normalized spacial score (nSPS) is 10.6. The first kappa shape index (κ1) is 13.9. The number of nitrogens with one attached hydrogen (secondary N) is 1. The molecule has 1 N–H and O–H groups in total. The standard InChI is InChI=1S/C13H12BrF2N3/c1-6-7(2)18-13(19-12(6)17-3)8-4-5-9(15)11(16)10(8)14/h4-5H,1-3H3,(H,17,18,19). The minimum atomic E-state index is -0.940. The van der Waals surface area contributed by atoms with Gasteiger partial charge in [0.15, 0.2) is 17.5 Å². The summed E-state index contributed by atoms with van der Waals surface area (Å²) in [5.74, 6) is -0.837. The van der Waals surface area contributed by atoms with Gasteiger partial charge in [0, 0.05) is 23.9 Å². The first-order chi connectivity index (χ1) is 8.95. The molecule has 0 aliphatic rings. The fourth-order valence-corrected chi connectivity index (χ4v) is 2.19. The number of aromatic nitrogens is 2. The molecular weight excluding hydrogens is 316 g/mol. The van der Waals surface area contributed by atoms with Gasteiger partial charge in [-0.1, -0.05) is 0 Å². The molecule has 0 fully saturated rings. The molecule has 1 aromatic heterocycles. The average molecular weight is 328 g/mol. The zero-order valence-corrected chi connectivity index (χ0v) is 12.3. The van der Waals surface area contributed by atoms with Crippen LogP contribution in [0.15, 0.2) is 16.6 Å². The van der Waals surface area contributed by atoms with Crippen LogP contribution in [0.1, 0.15) is 11.3 Å². The number of anilines is 1. The number of rotatable bonds is 2. The van der Waals surface area contributed by atoms with Crippen LogP contribution in [0.3, 0.4) is 0 Å². The van der Waals surface area contributed by atoms with E-state index in [1.165, 1.54) is 6.07 Å². The van der Waals surface area contributed by atoms with Gasteiger partial charge in [-0.15, -0.1) is 0 Å². The summed E-state index contributed by atoms with van der Waals surface area (Å²) in [6.45, 7) is 3.74. The van der Waals surface area contributed by atoms with Gasteiger partial charge in [-0.05, 0) is 41.9 Å². The predicted octanol–water partition coefficient (Wildman–Crippen LogP) is 3.84. The van der Waals surface area contributed by atoms with Crippen molar-refractivity contribution >= 4 is 21.7 Å². The summed E-state index contributed by atoms with van der Waals surface area (Å²) < 4.78 is 26.7. The molecule has 0 spiro atoms. The highest BCUT2D eigenvalue weighted by Crippen LogP contribution is 2.31. The van der Waals surface area contributed by atoms with Crippen LogP contribution in [-0.4, -0.2) is 17.0 Å². The van der Waals surface area contributed by atoms with Crippen LogP contribution in [0.2, 0.25) is 0 Å². The second-order valence-electron chi connectivity index (χ2n) is 4.08. The van der Waals surface area contributed by atoms with Gasteiger partial charge in [0.25, 0.3) is 0 Å². The van der Waals surface area contributed by atoms with Crippen molar-refractivity contribution in [1.82, 2.24) is 9.97 Å². The minimum absolute atomic E-state index is 0.0257. The predicted molar refractivity (Wildman–Crippen MR) is 74.1 cm³/mol. The Morgan fingerprint density at radius 3 is 2.47 bits per heavy atom. The van der Waals surface area contributed by atoms with Crippen molar-refractivity contribution < 1.29 is 8.78 Å². The molecule has 3 nitrogen and oxygen atoms in total. The van der Waals surface area contributed by atoms with Gasteiger partial charge in [0.05, 0.1) is 4.47 Å². The van der Waals surface area contributed by atoms with Crippen LogP contribution in [0.4, 0.5) is 14.6 Å². The van der Waals surface area contributed by atoms with Crippen molar-refractivity contribution in [2.75, 3.05) is 12.4 Å². The molecule has 0 saturated heterocycles. The fraction of sp³-hybridized carbons (Fsp3) is 0.231. The van der Waals surface area contributed by atoms with E-state index in [0.29, 0.717) is 17.2 Å². The summed E-state index contributed by atoms with van der Waals surface area (Å²) in [6.07, 6.45) is 0. The van der Waals surface area contributed by atoms with Crippen LogP contribution in [0.5, 0.6) is 0 Å². The third kappa shape index (κ3) is 2.45. The summed E-state index contributed by atoms with van der Waals surface area (Å²) in [7, 11) is 1.75. The van der Waals surface area contributed by atoms with Gasteiger partial charge in [-0.3, -0.25) is 0 Å². The second kappa shape index (κ2) is 5.21. The van der Waals surface area contributed by atoms with E-state index in [-0.39, 0.29) is 4.47 Å². The van der Waals surface area contributed by atoms with E-state index >= 15 is 0 Å². The lowest BCUT2D eigenvalue weighted by atomic mass is 10.1. The van der Waals surface area contributed by atoms with Crippen LogP contribution >= 0.6 is 15.9 Å². The Kier molecular flexibility index (Phi) is 3.80. The van der Waals surface area contributed by atoms with E-state index in [1.54, 1.807) is 7.05 Å². The molecule has 0 atom stereocenters. The van der Waals surface area contributed by atoms with Crippen molar-refractivity contribution in [3.05, 3.63) is 39.5 Å². The Hall–Kier alpha value is -1.56. The minimum Gasteiger partial charge on any atom is -0.373 e. The highest BCUT2D eigenvalue weighted by Gasteiger charge is 2.16. The Bertz CT molecular complexity index is 644. The molecule has 19 heavy (non-hydrogen) atoms. The Balaban J connectivity index is 2.66. The van der Waals surface area contributed by atoms with E-state index in [1.807, 2.05) is 13.8 Å². The third-order valence-electron chi connectivity index (χ3n) is 2.90. The van der Waals surface area contributed by atoms with Crippen LogP contribution in [-0.2, 0) is 0 Å². The van der Waals surface area contributed by atoms with Gasteiger partial charge in [-0.25, -0.2) is 18.7 Å². The van der Waals surface area contributed by atoms with Gasteiger partial charge in [0.2, 0.25) is 0 Å². The first-order valence-electron chi connectivity index (χ1n) is 5.62. The molecule has 6 heteroatoms. The highest BCUT2D eigenvalue weighted by molar-refractivity contribution is 9.10. The van der Waals surface area contributed by atoms with Gasteiger partial charge in [-0.2, -0.15) is 0 Å². The van der Waals surface area contributed by atoms with E-state index in [2.05, 4.69) is 31.2 Å². The molecule has 0 amide bonds. The molecule has 100 valence electrons. The monoisotopic (exact) mass is 327 g/mol. The molecule has 0 bridgehead atoms. The summed E-state index contributed by atoms with van der Waals surface area (Å²) in [5, 5.41) is 2.96. The highest BCUT2D eigenvalue weighted by atomic mass is 79.9. The molecular formula is C13H12BrF2N3. The van der Waals surface area contributed by atoms with E-state index < -0.39 is 11.6 Å². The Morgan fingerprint density at radius 1 is 1.16 bits per heavy atom. The van der Waals surface area contributed by atoms with Crippen molar-refractivity contribution in [2.45, 2.75) is 13.8 Å². The van der Waals surface area contributed by atoms with E-state index in [9.17, 15) is 8.78 Å². The summed E-state index contributed by atoms with van der Waals surface area (Å²) in [6, 6.07) is 2.51. The number of halogens is 3. The number of nitrogens with zero attached hydrogens (tertiary/aromatic N) is 2. The third-order valence-corrected chi connectivity index (χ3v) is 3.68. The number of benzene rings is 1. The molecule has 2 aromatic rings. The lowest BCUT2D eigenvalue weighted by Crippen LogP contribution is -2.03. The van der Waals surface area contributed by atoms with Crippen molar-refractivity contribution in [3.63, 3.8) is 0 Å². The van der Waals surface area contributed by atoms with Crippen LogP contribution in [0, 0.1) is 25.5 Å². The lowest BCUT2D eigenvalue weighted by molar-refractivity contribution is 0.504. The number of hydrogen-bond donors (Lipinski definition) is 1. The van der Waals surface area contributed by atoms with Crippen LogP contribution < -0.4 is 5.32 Å². The lowest BCUT2D eigenvalue weighted by Gasteiger charge is -2.11. The molecule has 0 radical (unpaired) electrons. The molecule has 2 rings (SSSR count). The zero-order valence-electron chi connectivity index (χ0n) is 10.7. The van der Waals surface area contributed by atoms with Gasteiger partial charge < -0.3 is 5.32 Å². The maximum absolute atomic E-state index is 13.5. The Labute approximate surface area is 118 Å². The maximum atomic E-state index is 13.5. The molecule has 1 aromatic carbocycles. The Morgan fingerprint density at radius 2 is 1.84 bits per heavy atom. The molecule has 0 aliphatic heterocycles. The average Bonchev–Trinajstić information content (AvgIpc) is 2.39. The van der Waals surface area contributed by atoms with Crippen molar-refractivity contribution in [2.24, 2.45) is 0 Å². The molecule has 0 aliphatic carbocycles. The summed E-state index contributed by atoms with van der Waals surface area (Å²) >= 11 is 3.04. The van der Waals surface area contributed by atoms with Gasteiger partial charge in [0.1, 0.15) is 5.82 Å². The van der Waals surface area contributed by atoms with Gasteiger partial charge >= 0.3 is 0 Å². The van der Waals surface area contributed by atoms with E-state index in [0.717, 1.165) is 17.3 Å². The topological polar surface area (TPSA) is 37.8 Å². The first-order valence-corrected chi connectivity index (χ1v) is 6.42. The largest absolute Gasteiger partial charge is 0.373 e. The number of aryl methyl sites for hydroxylation is 1. The SMILES string of the molecule is CNc1nc(-c2ccc(F)c(F)c2Br)nc(C)c1C. The number of hydrogen-bond acceptors (Lipinski definition) is 3. The smallest absolute Gasteiger partial charge is 0.173 e. The van der Waals surface area contributed by atoms with Crippen molar-refractivity contribution in [1.29, 1.82) is 0 Å². The quantitative estimate of drug-likeness (QED) is 0.851. The second-order valence-corrected chi connectivity index (χ2v) is 4.87. The fourth-order valence-electron chi connectivity index (χ4n) is 1.69. The summed E-state index contributed by atoms with van der Waals surface area (Å²) in [4.78, 5) is 8.63. The molecule has 0 saturated carbocycles. The summed E-state index contributed by atoms with van der Waals surface area (Å²) in [5.41, 5.74) is 2.12. The molecule has 1 heterocycles. The van der Waals surface area contributed by atoms with Crippen LogP contribution in [0.25, 0.3) is 11.4 Å². The maximum Gasteiger partial charge on any atom is 0.173 e. The zero-order chi connectivity index (χ0) is 14.2. The van der Waals surface area contributed by atoms with E-state index in [4.69, 9.17) is 0 Å².